The molecule has 0 unspecified atom stereocenters. The van der Waals surface area contributed by atoms with Crippen molar-refractivity contribution in [3.63, 3.8) is 0 Å². The smallest absolute Gasteiger partial charge is 0.197 e. The highest BCUT2D eigenvalue weighted by molar-refractivity contribution is 6.14. The molecule has 4 aromatic heterocycles. The SMILES string of the molecule is C1=Cc2cc3c(cc2CC1)c1ccccc1n3-c1nc(-c2ccc3c4ccccc4n(-c4ccccc4)c3c2)nc2c1oc1cc3ccccc3cc12. The number of aromatic nitrogens is 4. The summed E-state index contributed by atoms with van der Waals surface area (Å²) >= 11 is 0. The lowest BCUT2D eigenvalue weighted by molar-refractivity contribution is 0.663. The minimum atomic E-state index is 0.652. The molecule has 0 radical (unpaired) electrons. The van der Waals surface area contributed by atoms with Gasteiger partial charge in [-0.05, 0) is 89.3 Å². The van der Waals surface area contributed by atoms with Crippen molar-refractivity contribution < 1.29 is 4.42 Å². The average molecular weight is 679 g/mol. The first kappa shape index (κ1) is 28.7. The highest BCUT2D eigenvalue weighted by Gasteiger charge is 2.24. The Morgan fingerprint density at radius 3 is 2.08 bits per heavy atom. The second kappa shape index (κ2) is 10.8. The molecule has 5 heteroatoms. The number of benzene rings is 7. The van der Waals surface area contributed by atoms with E-state index in [0.717, 1.165) is 73.7 Å². The molecule has 0 fully saturated rings. The standard InChI is InChI=1S/C48H30N4O/c1-2-16-34(17-3-1)51-40-20-10-8-18-35(40)37-23-22-33(27-42(37)51)47-49-45-39-25-30-13-5-7-15-32(30)28-44(39)53-46(45)48(50-47)52-41-21-11-9-19-36(41)38-24-29-12-4-6-14-31(29)26-43(38)52/h1-3,5-11,13-28H,4,12H2. The molecule has 53 heavy (non-hydrogen) atoms. The summed E-state index contributed by atoms with van der Waals surface area (Å²) in [6.07, 6.45) is 6.64. The molecule has 7 aromatic carbocycles. The zero-order valence-electron chi connectivity index (χ0n) is 28.6. The number of allylic oxidation sites excluding steroid dienone is 1. The molecule has 1 aliphatic carbocycles. The summed E-state index contributed by atoms with van der Waals surface area (Å²) in [7, 11) is 0. The first-order valence-corrected chi connectivity index (χ1v) is 18.2. The third kappa shape index (κ3) is 4.13. The van der Waals surface area contributed by atoms with Crippen molar-refractivity contribution in [1.29, 1.82) is 0 Å². The molecule has 1 aliphatic rings. The summed E-state index contributed by atoms with van der Waals surface area (Å²) < 4.78 is 11.5. The third-order valence-corrected chi connectivity index (χ3v) is 11.1. The molecular formula is C48H30N4O. The number of nitrogens with zero attached hydrogens (tertiary/aromatic N) is 4. The van der Waals surface area contributed by atoms with Crippen molar-refractivity contribution in [2.75, 3.05) is 0 Å². The maximum Gasteiger partial charge on any atom is 0.197 e. The summed E-state index contributed by atoms with van der Waals surface area (Å²) in [6, 6.07) is 52.0. The van der Waals surface area contributed by atoms with Gasteiger partial charge in [0, 0.05) is 38.2 Å². The van der Waals surface area contributed by atoms with Gasteiger partial charge in [-0.25, -0.2) is 9.97 Å². The van der Waals surface area contributed by atoms with Crippen LogP contribution in [0.2, 0.25) is 0 Å². The van der Waals surface area contributed by atoms with Gasteiger partial charge in [-0.3, -0.25) is 4.57 Å². The zero-order valence-corrected chi connectivity index (χ0v) is 28.6. The normalized spacial score (nSPS) is 13.1. The average Bonchev–Trinajstić information content (AvgIpc) is 3.86. The van der Waals surface area contributed by atoms with Crippen LogP contribution in [0.3, 0.4) is 0 Å². The quantitative estimate of drug-likeness (QED) is 0.187. The Labute approximate surface area is 303 Å². The molecule has 0 bridgehead atoms. The lowest BCUT2D eigenvalue weighted by atomic mass is 9.95. The molecule has 0 spiro atoms. The first-order valence-electron chi connectivity index (χ1n) is 18.2. The molecule has 0 atom stereocenters. The van der Waals surface area contributed by atoms with Gasteiger partial charge in [0.05, 0.1) is 22.1 Å². The Morgan fingerprint density at radius 1 is 0.528 bits per heavy atom. The van der Waals surface area contributed by atoms with Crippen LogP contribution < -0.4 is 0 Å². The van der Waals surface area contributed by atoms with E-state index >= 15 is 0 Å². The fourth-order valence-corrected chi connectivity index (χ4v) is 8.68. The van der Waals surface area contributed by atoms with Gasteiger partial charge >= 0.3 is 0 Å². The van der Waals surface area contributed by atoms with Crippen molar-refractivity contribution in [2.45, 2.75) is 12.8 Å². The monoisotopic (exact) mass is 678 g/mol. The number of furan rings is 1. The Hall–Kier alpha value is -6.98. The van der Waals surface area contributed by atoms with Crippen LogP contribution in [0.15, 0.2) is 156 Å². The van der Waals surface area contributed by atoms with Gasteiger partial charge in [-0.2, -0.15) is 0 Å². The highest BCUT2D eigenvalue weighted by Crippen LogP contribution is 2.41. The second-order valence-corrected chi connectivity index (χ2v) is 14.1. The van der Waals surface area contributed by atoms with Crippen LogP contribution >= 0.6 is 0 Å². The first-order chi connectivity index (χ1) is 26.3. The minimum Gasteiger partial charge on any atom is -0.450 e. The van der Waals surface area contributed by atoms with Crippen LogP contribution in [0.4, 0.5) is 0 Å². The van der Waals surface area contributed by atoms with Gasteiger partial charge in [0.15, 0.2) is 17.2 Å². The molecule has 12 rings (SSSR count). The van der Waals surface area contributed by atoms with E-state index in [0.29, 0.717) is 11.4 Å². The second-order valence-electron chi connectivity index (χ2n) is 14.1. The van der Waals surface area contributed by atoms with Crippen LogP contribution in [0, 0.1) is 0 Å². The van der Waals surface area contributed by atoms with Crippen molar-refractivity contribution in [2.24, 2.45) is 0 Å². The number of hydrogen-bond acceptors (Lipinski definition) is 3. The maximum atomic E-state index is 6.84. The molecule has 248 valence electrons. The molecule has 0 saturated heterocycles. The van der Waals surface area contributed by atoms with Crippen molar-refractivity contribution in [1.82, 2.24) is 19.1 Å². The highest BCUT2D eigenvalue weighted by atomic mass is 16.3. The summed E-state index contributed by atoms with van der Waals surface area (Å²) in [5, 5.41) is 8.07. The molecule has 0 aliphatic heterocycles. The minimum absolute atomic E-state index is 0.652. The molecule has 0 saturated carbocycles. The number of hydrogen-bond donors (Lipinski definition) is 0. The van der Waals surface area contributed by atoms with Crippen LogP contribution in [0.25, 0.3) is 105 Å². The van der Waals surface area contributed by atoms with E-state index in [-0.39, 0.29) is 0 Å². The molecular weight excluding hydrogens is 649 g/mol. The fourth-order valence-electron chi connectivity index (χ4n) is 8.68. The predicted molar refractivity (Wildman–Crippen MR) is 218 cm³/mol. The summed E-state index contributed by atoms with van der Waals surface area (Å²) in [5.74, 6) is 1.39. The molecule has 11 aromatic rings. The molecule has 0 amide bonds. The largest absolute Gasteiger partial charge is 0.450 e. The lowest BCUT2D eigenvalue weighted by Gasteiger charge is -2.13. The molecule has 5 nitrogen and oxygen atoms in total. The predicted octanol–water partition coefficient (Wildman–Crippen LogP) is 12.3. The summed E-state index contributed by atoms with van der Waals surface area (Å²) in [5.41, 5.74) is 11.4. The van der Waals surface area contributed by atoms with E-state index in [4.69, 9.17) is 14.4 Å². The van der Waals surface area contributed by atoms with Crippen molar-refractivity contribution in [3.8, 4) is 22.9 Å². The van der Waals surface area contributed by atoms with Gasteiger partial charge in [0.1, 0.15) is 11.1 Å². The number of rotatable bonds is 3. The van der Waals surface area contributed by atoms with E-state index in [1.807, 2.05) is 0 Å². The zero-order chi connectivity index (χ0) is 34.6. The number of aryl methyl sites for hydroxylation is 1. The Balaban J connectivity index is 1.20. The van der Waals surface area contributed by atoms with E-state index in [1.165, 1.54) is 38.2 Å². The summed E-state index contributed by atoms with van der Waals surface area (Å²) in [4.78, 5) is 10.9. The van der Waals surface area contributed by atoms with Gasteiger partial charge in [0.2, 0.25) is 0 Å². The van der Waals surface area contributed by atoms with E-state index in [9.17, 15) is 0 Å². The molecule has 4 heterocycles. The van der Waals surface area contributed by atoms with Crippen LogP contribution in [0.5, 0.6) is 0 Å². The van der Waals surface area contributed by atoms with Gasteiger partial charge in [-0.15, -0.1) is 0 Å². The Morgan fingerprint density at radius 2 is 1.23 bits per heavy atom. The number of fused-ring (bicyclic) bond motifs is 11. The lowest BCUT2D eigenvalue weighted by Crippen LogP contribution is -2.02. The Kier molecular flexibility index (Phi) is 5.83. The van der Waals surface area contributed by atoms with Gasteiger partial charge in [-0.1, -0.05) is 103 Å². The molecule has 0 N–H and O–H groups in total. The van der Waals surface area contributed by atoms with Gasteiger partial charge < -0.3 is 8.98 Å². The number of para-hydroxylation sites is 3. The fraction of sp³-hybridized carbons (Fsp3) is 0.0417. The van der Waals surface area contributed by atoms with E-state index < -0.39 is 0 Å². The topological polar surface area (TPSA) is 48.8 Å². The third-order valence-electron chi connectivity index (χ3n) is 11.1. The van der Waals surface area contributed by atoms with E-state index in [1.54, 1.807) is 0 Å². The van der Waals surface area contributed by atoms with Crippen LogP contribution in [-0.4, -0.2) is 19.1 Å². The Bertz CT molecular complexity index is 3340. The van der Waals surface area contributed by atoms with Crippen molar-refractivity contribution in [3.05, 3.63) is 163 Å². The van der Waals surface area contributed by atoms with Crippen LogP contribution in [0.1, 0.15) is 17.5 Å². The van der Waals surface area contributed by atoms with Gasteiger partial charge in [0.25, 0.3) is 0 Å². The maximum absolute atomic E-state index is 6.84. The van der Waals surface area contributed by atoms with Crippen molar-refractivity contribution >= 4 is 82.5 Å². The van der Waals surface area contributed by atoms with E-state index in [2.05, 4.69) is 167 Å². The summed E-state index contributed by atoms with van der Waals surface area (Å²) in [6.45, 7) is 0. The van der Waals surface area contributed by atoms with Crippen LogP contribution in [-0.2, 0) is 6.42 Å².